The Balaban J connectivity index is 1.75. The van der Waals surface area contributed by atoms with E-state index >= 15 is 0 Å². The molecule has 0 saturated carbocycles. The first-order chi connectivity index (χ1) is 17.3. The van der Waals surface area contributed by atoms with E-state index in [1.54, 1.807) is 24.3 Å². The number of hydrazone groups is 1. The highest BCUT2D eigenvalue weighted by Gasteiger charge is 2.24. The summed E-state index contributed by atoms with van der Waals surface area (Å²) in [5.41, 5.74) is 3.44. The molecule has 36 heavy (non-hydrogen) atoms. The summed E-state index contributed by atoms with van der Waals surface area (Å²) in [5, 5.41) is 3.60. The summed E-state index contributed by atoms with van der Waals surface area (Å²) in [7, 11) is 2.98. The molecule has 0 fully saturated rings. The molecule has 0 bridgehead atoms. The molecule has 11 heteroatoms. The summed E-state index contributed by atoms with van der Waals surface area (Å²) < 4.78 is 78.7. The normalized spacial score (nSPS) is 11.1. The van der Waals surface area contributed by atoms with E-state index in [4.69, 9.17) is 9.47 Å². The number of nitrogens with zero attached hydrogens (tertiary/aromatic N) is 3. The van der Waals surface area contributed by atoms with E-state index in [2.05, 4.69) is 20.5 Å². The number of hydrogen-bond donors (Lipinski definition) is 1. The van der Waals surface area contributed by atoms with Crippen LogP contribution in [0.3, 0.4) is 0 Å². The first-order valence-electron chi connectivity index (χ1n) is 10.3. The molecule has 1 N–H and O–H groups in total. The van der Waals surface area contributed by atoms with Crippen molar-refractivity contribution in [3.8, 4) is 34.0 Å². The fraction of sp³-hybridized carbons (Fsp3) is 0.0800. The van der Waals surface area contributed by atoms with Crippen molar-refractivity contribution in [2.45, 2.75) is 0 Å². The van der Waals surface area contributed by atoms with Gasteiger partial charge in [0.1, 0.15) is 0 Å². The molecule has 6 nitrogen and oxygen atoms in total. The van der Waals surface area contributed by atoms with Crippen LogP contribution in [0.1, 0.15) is 5.56 Å². The topological polar surface area (TPSA) is 68.6 Å². The zero-order chi connectivity index (χ0) is 25.8. The van der Waals surface area contributed by atoms with Gasteiger partial charge < -0.3 is 9.47 Å². The van der Waals surface area contributed by atoms with E-state index in [0.29, 0.717) is 34.7 Å². The molecule has 0 unspecified atom stereocenters. The maximum absolute atomic E-state index is 13.9. The Hall–Kier alpha value is -4.54. The number of halogens is 5. The molecule has 0 radical (unpaired) electrons. The van der Waals surface area contributed by atoms with E-state index in [1.165, 1.54) is 14.2 Å². The lowest BCUT2D eigenvalue weighted by molar-refractivity contribution is 0.355. The van der Waals surface area contributed by atoms with Crippen molar-refractivity contribution in [2.75, 3.05) is 19.6 Å². The van der Waals surface area contributed by atoms with E-state index in [-0.39, 0.29) is 5.95 Å². The first-order valence-corrected chi connectivity index (χ1v) is 10.3. The molecular weight excluding hydrogens is 483 g/mol. The number of anilines is 1. The van der Waals surface area contributed by atoms with Gasteiger partial charge >= 0.3 is 0 Å². The molecule has 0 atom stereocenters. The Labute approximate surface area is 202 Å². The van der Waals surface area contributed by atoms with Crippen molar-refractivity contribution >= 4 is 12.2 Å². The Kier molecular flexibility index (Phi) is 7.09. The highest BCUT2D eigenvalue weighted by molar-refractivity contribution is 5.81. The highest BCUT2D eigenvalue weighted by Crippen LogP contribution is 2.33. The average molecular weight is 500 g/mol. The predicted octanol–water partition coefficient (Wildman–Crippen LogP) is 5.97. The van der Waals surface area contributed by atoms with Crippen molar-refractivity contribution < 1.29 is 31.4 Å². The largest absolute Gasteiger partial charge is 0.493 e. The lowest BCUT2D eigenvalue weighted by Gasteiger charge is -2.11. The average Bonchev–Trinajstić information content (AvgIpc) is 2.92. The summed E-state index contributed by atoms with van der Waals surface area (Å²) in [6.07, 6.45) is 0.463. The zero-order valence-electron chi connectivity index (χ0n) is 18.8. The van der Waals surface area contributed by atoms with Crippen molar-refractivity contribution in [1.29, 1.82) is 0 Å². The van der Waals surface area contributed by atoms with Crippen LogP contribution in [0.25, 0.3) is 22.5 Å². The van der Waals surface area contributed by atoms with Crippen LogP contribution >= 0.6 is 0 Å². The molecule has 1 heterocycles. The maximum atomic E-state index is 13.9. The maximum Gasteiger partial charge on any atom is 0.244 e. The molecule has 0 aliphatic heterocycles. The number of benzene rings is 3. The molecule has 0 spiro atoms. The third-order valence-corrected chi connectivity index (χ3v) is 5.08. The molecule has 0 amide bonds. The van der Waals surface area contributed by atoms with Crippen LogP contribution in [0.15, 0.2) is 59.7 Å². The fourth-order valence-corrected chi connectivity index (χ4v) is 3.29. The molecule has 4 aromatic rings. The van der Waals surface area contributed by atoms with Gasteiger partial charge in [-0.2, -0.15) is 5.10 Å². The molecule has 0 saturated heterocycles. The van der Waals surface area contributed by atoms with Crippen molar-refractivity contribution in [1.82, 2.24) is 9.97 Å². The SMILES string of the molecule is COc1ccc(-c2cc(-c3ccccc3)nc(N/N=C\c3c(F)c(F)c(F)c(F)c3F)n2)cc1OC. The van der Waals surface area contributed by atoms with Gasteiger partial charge in [-0.3, -0.25) is 0 Å². The van der Waals surface area contributed by atoms with Gasteiger partial charge in [-0.1, -0.05) is 30.3 Å². The number of rotatable bonds is 7. The van der Waals surface area contributed by atoms with Crippen LogP contribution in [-0.4, -0.2) is 30.4 Å². The highest BCUT2D eigenvalue weighted by atomic mass is 19.2. The number of aromatic nitrogens is 2. The summed E-state index contributed by atoms with van der Waals surface area (Å²) in [6.45, 7) is 0. The van der Waals surface area contributed by atoms with Crippen molar-refractivity contribution in [3.05, 3.63) is 89.2 Å². The second kappa shape index (κ2) is 10.4. The smallest absolute Gasteiger partial charge is 0.244 e. The number of nitrogens with one attached hydrogen (secondary N) is 1. The van der Waals surface area contributed by atoms with Gasteiger partial charge in [0.2, 0.25) is 11.8 Å². The minimum Gasteiger partial charge on any atom is -0.493 e. The monoisotopic (exact) mass is 500 g/mol. The van der Waals surface area contributed by atoms with Gasteiger partial charge in [0, 0.05) is 11.1 Å². The molecule has 1 aromatic heterocycles. The first kappa shape index (κ1) is 24.6. The van der Waals surface area contributed by atoms with E-state index < -0.39 is 34.6 Å². The molecule has 3 aromatic carbocycles. The second-order valence-electron chi connectivity index (χ2n) is 7.25. The molecule has 0 aliphatic carbocycles. The summed E-state index contributed by atoms with van der Waals surface area (Å²) in [5.74, 6) is -9.57. The lowest BCUT2D eigenvalue weighted by atomic mass is 10.1. The third kappa shape index (κ3) is 4.81. The van der Waals surface area contributed by atoms with Gasteiger partial charge in [-0.15, -0.1) is 0 Å². The Bertz CT molecular complexity index is 1420. The van der Waals surface area contributed by atoms with Crippen LogP contribution < -0.4 is 14.9 Å². The van der Waals surface area contributed by atoms with E-state index in [0.717, 1.165) is 5.56 Å². The zero-order valence-corrected chi connectivity index (χ0v) is 18.8. The minimum absolute atomic E-state index is 0.0961. The van der Waals surface area contributed by atoms with Gasteiger partial charge in [0.05, 0.1) is 37.4 Å². The lowest BCUT2D eigenvalue weighted by Crippen LogP contribution is -2.07. The van der Waals surface area contributed by atoms with E-state index in [1.807, 2.05) is 30.3 Å². The van der Waals surface area contributed by atoms with Crippen LogP contribution in [0.2, 0.25) is 0 Å². The standard InChI is InChI=1S/C25H17F5N4O2/c1-35-18-9-8-14(10-19(18)36-2)17-11-16(13-6-4-3-5-7-13)32-25(33-17)34-31-12-15-20(26)22(28)24(30)23(29)21(15)27/h3-12H,1-2H3,(H,32,33,34)/b31-12-. The molecular formula is C25H17F5N4O2. The number of hydrogen-bond acceptors (Lipinski definition) is 6. The van der Waals surface area contributed by atoms with Crippen molar-refractivity contribution in [3.63, 3.8) is 0 Å². The van der Waals surface area contributed by atoms with Gasteiger partial charge in [0.25, 0.3) is 0 Å². The summed E-state index contributed by atoms with van der Waals surface area (Å²) >= 11 is 0. The van der Waals surface area contributed by atoms with Gasteiger partial charge in [-0.25, -0.2) is 37.3 Å². The van der Waals surface area contributed by atoms with Crippen molar-refractivity contribution in [2.24, 2.45) is 5.10 Å². The van der Waals surface area contributed by atoms with Gasteiger partial charge in [-0.05, 0) is 24.3 Å². The van der Waals surface area contributed by atoms with E-state index in [9.17, 15) is 22.0 Å². The quantitative estimate of drug-likeness (QED) is 0.111. The number of ether oxygens (including phenoxy) is 2. The number of methoxy groups -OCH3 is 2. The molecule has 0 aliphatic rings. The van der Waals surface area contributed by atoms with Crippen LogP contribution in [0.5, 0.6) is 11.5 Å². The molecule has 184 valence electrons. The predicted molar refractivity (Wildman–Crippen MR) is 123 cm³/mol. The van der Waals surface area contributed by atoms with Crippen LogP contribution in [0, 0.1) is 29.1 Å². The summed E-state index contributed by atoms with van der Waals surface area (Å²) in [6, 6.07) is 15.9. The Morgan fingerprint density at radius 2 is 1.28 bits per heavy atom. The van der Waals surface area contributed by atoms with Gasteiger partial charge in [0.15, 0.2) is 34.8 Å². The Morgan fingerprint density at radius 3 is 1.89 bits per heavy atom. The third-order valence-electron chi connectivity index (χ3n) is 5.08. The Morgan fingerprint density at radius 1 is 0.694 bits per heavy atom. The minimum atomic E-state index is -2.26. The second-order valence-corrected chi connectivity index (χ2v) is 7.25. The molecule has 4 rings (SSSR count). The van der Waals surface area contributed by atoms with Crippen LogP contribution in [0.4, 0.5) is 27.9 Å². The summed E-state index contributed by atoms with van der Waals surface area (Å²) in [4.78, 5) is 8.70. The fourth-order valence-electron chi connectivity index (χ4n) is 3.29. The van der Waals surface area contributed by atoms with Crippen LogP contribution in [-0.2, 0) is 0 Å².